The summed E-state index contributed by atoms with van der Waals surface area (Å²) in [7, 11) is 1.88. The van der Waals surface area contributed by atoms with E-state index in [-0.39, 0.29) is 0 Å². The molecule has 0 aromatic carbocycles. The van der Waals surface area contributed by atoms with Gasteiger partial charge in [0.15, 0.2) is 4.96 Å². The third kappa shape index (κ3) is 2.29. The second kappa shape index (κ2) is 4.79. The molecule has 0 spiro atoms. The Morgan fingerprint density at radius 2 is 2.26 bits per heavy atom. The lowest BCUT2D eigenvalue weighted by atomic mass is 10.1. The quantitative estimate of drug-likeness (QED) is 0.792. The number of imidazole rings is 1. The van der Waals surface area contributed by atoms with E-state index in [9.17, 15) is 5.11 Å². The van der Waals surface area contributed by atoms with Gasteiger partial charge in [-0.15, -0.1) is 11.3 Å². The first kappa shape index (κ1) is 12.4. The summed E-state index contributed by atoms with van der Waals surface area (Å²) in [5, 5.41) is 16.7. The van der Waals surface area contributed by atoms with Crippen LogP contribution in [0.5, 0.6) is 0 Å². The van der Waals surface area contributed by atoms with Gasteiger partial charge in [0, 0.05) is 43.0 Å². The van der Waals surface area contributed by atoms with Crippen molar-refractivity contribution < 1.29 is 5.11 Å². The third-order valence-corrected chi connectivity index (χ3v) is 3.95. The number of rotatable bonds is 4. The normalized spacial score (nSPS) is 13.2. The van der Waals surface area contributed by atoms with Crippen LogP contribution in [0.15, 0.2) is 24.0 Å². The smallest absolute Gasteiger partial charge is 0.193 e. The van der Waals surface area contributed by atoms with Crippen LogP contribution in [0.2, 0.25) is 0 Å². The van der Waals surface area contributed by atoms with Crippen molar-refractivity contribution in [2.75, 3.05) is 0 Å². The minimum Gasteiger partial charge on any atom is -0.388 e. The number of aliphatic hydroxyl groups excluding tert-OH is 1. The van der Waals surface area contributed by atoms with Crippen molar-refractivity contribution in [3.8, 4) is 0 Å². The Kier molecular flexibility index (Phi) is 3.12. The Hall–Kier alpha value is -1.66. The van der Waals surface area contributed by atoms with E-state index in [1.54, 1.807) is 16.0 Å². The highest BCUT2D eigenvalue weighted by atomic mass is 32.1. The Morgan fingerprint density at radius 3 is 3.00 bits per heavy atom. The van der Waals surface area contributed by atoms with E-state index < -0.39 is 6.10 Å². The van der Waals surface area contributed by atoms with E-state index in [0.717, 1.165) is 28.3 Å². The van der Waals surface area contributed by atoms with Gasteiger partial charge in [0.1, 0.15) is 0 Å². The van der Waals surface area contributed by atoms with Crippen molar-refractivity contribution in [2.45, 2.75) is 25.9 Å². The van der Waals surface area contributed by atoms with Crippen LogP contribution in [-0.2, 0) is 19.9 Å². The lowest BCUT2D eigenvalue weighted by Crippen LogP contribution is -2.03. The van der Waals surface area contributed by atoms with Gasteiger partial charge in [-0.2, -0.15) is 5.10 Å². The minimum absolute atomic E-state index is 0.521. The van der Waals surface area contributed by atoms with E-state index in [1.165, 1.54) is 0 Å². The van der Waals surface area contributed by atoms with Crippen molar-refractivity contribution in [2.24, 2.45) is 7.05 Å². The second-order valence-corrected chi connectivity index (χ2v) is 5.48. The zero-order valence-corrected chi connectivity index (χ0v) is 11.8. The lowest BCUT2D eigenvalue weighted by molar-refractivity contribution is 0.176. The molecule has 100 valence electrons. The summed E-state index contributed by atoms with van der Waals surface area (Å²) in [5.41, 5.74) is 2.77. The van der Waals surface area contributed by atoms with E-state index in [1.807, 2.05) is 42.3 Å². The zero-order chi connectivity index (χ0) is 13.4. The zero-order valence-electron chi connectivity index (χ0n) is 10.9. The summed E-state index contributed by atoms with van der Waals surface area (Å²) in [5.74, 6) is 0. The predicted octanol–water partition coefficient (Wildman–Crippen LogP) is 1.97. The first-order chi connectivity index (χ1) is 9.17. The van der Waals surface area contributed by atoms with Gasteiger partial charge in [-0.3, -0.25) is 9.08 Å². The molecule has 3 rings (SSSR count). The van der Waals surface area contributed by atoms with Crippen LogP contribution >= 0.6 is 11.3 Å². The standard InChI is InChI=1S/C13H16N4OS/c1-3-11-10(8-16(2)15-11)12(18)6-9-7-17-4-5-19-13(17)14-9/h4-5,7-8,12,18H,3,6H2,1-2H3. The molecule has 0 fully saturated rings. The maximum atomic E-state index is 10.4. The molecule has 0 radical (unpaired) electrons. The molecule has 0 saturated carbocycles. The number of fused-ring (bicyclic) bond motifs is 1. The fraction of sp³-hybridized carbons (Fsp3) is 0.385. The Labute approximate surface area is 115 Å². The van der Waals surface area contributed by atoms with Gasteiger partial charge in [-0.05, 0) is 6.42 Å². The molecule has 0 aliphatic rings. The Morgan fingerprint density at radius 1 is 1.42 bits per heavy atom. The van der Waals surface area contributed by atoms with E-state index in [4.69, 9.17) is 0 Å². The largest absolute Gasteiger partial charge is 0.388 e. The van der Waals surface area contributed by atoms with Gasteiger partial charge >= 0.3 is 0 Å². The van der Waals surface area contributed by atoms with Crippen LogP contribution in [0.25, 0.3) is 4.96 Å². The highest BCUT2D eigenvalue weighted by Crippen LogP contribution is 2.22. The van der Waals surface area contributed by atoms with Crippen molar-refractivity contribution >= 4 is 16.3 Å². The molecule has 3 aromatic heterocycles. The molecule has 0 aliphatic heterocycles. The van der Waals surface area contributed by atoms with E-state index >= 15 is 0 Å². The first-order valence-corrected chi connectivity index (χ1v) is 7.17. The second-order valence-electron chi connectivity index (χ2n) is 4.60. The van der Waals surface area contributed by atoms with Crippen LogP contribution in [0, 0.1) is 0 Å². The predicted molar refractivity (Wildman–Crippen MR) is 74.3 cm³/mol. The number of thiazole rings is 1. The molecule has 3 heterocycles. The number of hydrogen-bond donors (Lipinski definition) is 1. The van der Waals surface area contributed by atoms with Crippen LogP contribution < -0.4 is 0 Å². The Bertz CT molecular complexity index is 668. The summed E-state index contributed by atoms with van der Waals surface area (Å²) in [6, 6.07) is 0. The average molecular weight is 276 g/mol. The lowest BCUT2D eigenvalue weighted by Gasteiger charge is -2.08. The van der Waals surface area contributed by atoms with Crippen molar-refractivity contribution in [3.05, 3.63) is 40.9 Å². The molecule has 1 N–H and O–H groups in total. The molecule has 1 atom stereocenters. The molecule has 6 heteroatoms. The average Bonchev–Trinajstić information content (AvgIpc) is 3.02. The molecule has 1 unspecified atom stereocenters. The van der Waals surface area contributed by atoms with Crippen LogP contribution in [-0.4, -0.2) is 24.3 Å². The van der Waals surface area contributed by atoms with Crippen LogP contribution in [0.4, 0.5) is 0 Å². The van der Waals surface area contributed by atoms with Crippen molar-refractivity contribution in [1.82, 2.24) is 19.2 Å². The molecule has 5 nitrogen and oxygen atoms in total. The molecule has 0 bridgehead atoms. The van der Waals surface area contributed by atoms with Crippen LogP contribution in [0.1, 0.15) is 30.0 Å². The number of aliphatic hydroxyl groups is 1. The molecule has 19 heavy (non-hydrogen) atoms. The van der Waals surface area contributed by atoms with Gasteiger partial charge in [0.05, 0.1) is 17.5 Å². The number of aromatic nitrogens is 4. The Balaban J connectivity index is 1.83. The topological polar surface area (TPSA) is 55.3 Å². The molecule has 0 saturated heterocycles. The number of nitrogens with zero attached hydrogens (tertiary/aromatic N) is 4. The van der Waals surface area contributed by atoms with Gasteiger partial charge in [0.25, 0.3) is 0 Å². The third-order valence-electron chi connectivity index (χ3n) is 3.18. The summed E-state index contributed by atoms with van der Waals surface area (Å²) in [6.07, 6.45) is 6.63. The number of hydrogen-bond acceptors (Lipinski definition) is 4. The molecule has 3 aromatic rings. The van der Waals surface area contributed by atoms with E-state index in [0.29, 0.717) is 6.42 Å². The SMILES string of the molecule is CCc1nn(C)cc1C(O)Cc1cn2ccsc2n1. The minimum atomic E-state index is -0.548. The highest BCUT2D eigenvalue weighted by molar-refractivity contribution is 7.15. The summed E-state index contributed by atoms with van der Waals surface area (Å²) in [4.78, 5) is 5.46. The molecular formula is C13H16N4OS. The fourth-order valence-corrected chi connectivity index (χ4v) is 3.01. The van der Waals surface area contributed by atoms with Crippen molar-refractivity contribution in [3.63, 3.8) is 0 Å². The van der Waals surface area contributed by atoms with Gasteiger partial charge in [-0.1, -0.05) is 6.92 Å². The summed E-state index contributed by atoms with van der Waals surface area (Å²) < 4.78 is 3.74. The highest BCUT2D eigenvalue weighted by Gasteiger charge is 2.17. The molecule has 0 aliphatic carbocycles. The first-order valence-electron chi connectivity index (χ1n) is 6.29. The summed E-state index contributed by atoms with van der Waals surface area (Å²) >= 11 is 1.60. The number of aryl methyl sites for hydroxylation is 2. The maximum absolute atomic E-state index is 10.4. The fourth-order valence-electron chi connectivity index (χ4n) is 2.29. The van der Waals surface area contributed by atoms with Gasteiger partial charge in [0.2, 0.25) is 0 Å². The van der Waals surface area contributed by atoms with Gasteiger partial charge in [-0.25, -0.2) is 4.98 Å². The molecular weight excluding hydrogens is 260 g/mol. The summed E-state index contributed by atoms with van der Waals surface area (Å²) in [6.45, 7) is 2.05. The maximum Gasteiger partial charge on any atom is 0.193 e. The van der Waals surface area contributed by atoms with Gasteiger partial charge < -0.3 is 5.11 Å². The van der Waals surface area contributed by atoms with Crippen molar-refractivity contribution in [1.29, 1.82) is 0 Å². The molecule has 0 amide bonds. The van der Waals surface area contributed by atoms with E-state index in [2.05, 4.69) is 10.1 Å². The van der Waals surface area contributed by atoms with Crippen LogP contribution in [0.3, 0.4) is 0 Å². The monoisotopic (exact) mass is 276 g/mol.